The van der Waals surface area contributed by atoms with Gasteiger partial charge in [-0.25, -0.2) is 18.1 Å². The lowest BCUT2D eigenvalue weighted by molar-refractivity contribution is 0.402. The van der Waals surface area contributed by atoms with E-state index in [1.54, 1.807) is 24.4 Å². The number of benzene rings is 1. The van der Waals surface area contributed by atoms with Crippen molar-refractivity contribution in [3.05, 3.63) is 48.2 Å². The highest BCUT2D eigenvalue weighted by atomic mass is 32.2. The van der Waals surface area contributed by atoms with E-state index in [0.717, 1.165) is 24.5 Å². The van der Waals surface area contributed by atoms with Crippen LogP contribution in [0.3, 0.4) is 0 Å². The summed E-state index contributed by atoms with van der Waals surface area (Å²) in [5.41, 5.74) is 0.819. The molecule has 1 N–H and O–H groups in total. The Kier molecular flexibility index (Phi) is 5.55. The van der Waals surface area contributed by atoms with Crippen LogP contribution in [0.15, 0.2) is 47.5 Å². The van der Waals surface area contributed by atoms with Crippen molar-refractivity contribution in [2.24, 2.45) is 0 Å². The maximum Gasteiger partial charge on any atom is 0.244 e. The molecular formula is C18H23N3O3S. The first-order valence-electron chi connectivity index (χ1n) is 8.43. The molecule has 134 valence electrons. The second-order valence-corrected chi connectivity index (χ2v) is 7.78. The van der Waals surface area contributed by atoms with E-state index in [1.807, 2.05) is 12.1 Å². The fourth-order valence-corrected chi connectivity index (χ4v) is 4.11. The Bertz CT molecular complexity index is 801. The first kappa shape index (κ1) is 17.7. The van der Waals surface area contributed by atoms with Gasteiger partial charge < -0.3 is 9.64 Å². The van der Waals surface area contributed by atoms with Crippen LogP contribution in [0.5, 0.6) is 5.75 Å². The number of hydrogen-bond acceptors (Lipinski definition) is 5. The van der Waals surface area contributed by atoms with E-state index < -0.39 is 10.0 Å². The van der Waals surface area contributed by atoms with Gasteiger partial charge in [0.25, 0.3) is 0 Å². The molecule has 6 nitrogen and oxygen atoms in total. The van der Waals surface area contributed by atoms with Gasteiger partial charge in [-0.3, -0.25) is 0 Å². The maximum atomic E-state index is 12.5. The van der Waals surface area contributed by atoms with E-state index in [9.17, 15) is 8.42 Å². The molecule has 25 heavy (non-hydrogen) atoms. The molecule has 2 aromatic rings. The number of pyridine rings is 1. The topological polar surface area (TPSA) is 71.5 Å². The van der Waals surface area contributed by atoms with Crippen LogP contribution in [0.1, 0.15) is 24.8 Å². The minimum Gasteiger partial charge on any atom is -0.495 e. The van der Waals surface area contributed by atoms with Crippen LogP contribution in [0.4, 0.5) is 5.82 Å². The summed E-state index contributed by atoms with van der Waals surface area (Å²) in [6, 6.07) is 10.4. The predicted molar refractivity (Wildman–Crippen MR) is 97.3 cm³/mol. The fourth-order valence-electron chi connectivity index (χ4n) is 2.93. The number of nitrogens with zero attached hydrogens (tertiary/aromatic N) is 2. The monoisotopic (exact) mass is 361 g/mol. The van der Waals surface area contributed by atoms with Gasteiger partial charge in [-0.05, 0) is 43.0 Å². The molecule has 0 saturated carbocycles. The van der Waals surface area contributed by atoms with Crippen LogP contribution in [0, 0.1) is 0 Å². The lowest BCUT2D eigenvalue weighted by Crippen LogP contribution is -2.30. The van der Waals surface area contributed by atoms with Gasteiger partial charge in [-0.2, -0.15) is 0 Å². The average Bonchev–Trinajstić information content (AvgIpc) is 2.67. The van der Waals surface area contributed by atoms with E-state index >= 15 is 0 Å². The van der Waals surface area contributed by atoms with Crippen LogP contribution >= 0.6 is 0 Å². The van der Waals surface area contributed by atoms with Gasteiger partial charge in [-0.1, -0.05) is 18.2 Å². The van der Waals surface area contributed by atoms with E-state index in [1.165, 1.54) is 32.4 Å². The average molecular weight is 361 g/mol. The largest absolute Gasteiger partial charge is 0.495 e. The molecule has 0 radical (unpaired) electrons. The zero-order valence-electron chi connectivity index (χ0n) is 14.3. The summed E-state index contributed by atoms with van der Waals surface area (Å²) in [7, 11) is -2.19. The van der Waals surface area contributed by atoms with Crippen LogP contribution in [-0.4, -0.2) is 33.6 Å². The van der Waals surface area contributed by atoms with Gasteiger partial charge in [0.2, 0.25) is 10.0 Å². The summed E-state index contributed by atoms with van der Waals surface area (Å²) < 4.78 is 32.7. The Labute approximate surface area is 148 Å². The third-order valence-electron chi connectivity index (χ3n) is 4.31. The summed E-state index contributed by atoms with van der Waals surface area (Å²) in [5, 5.41) is 0. The fraction of sp³-hybridized carbons (Fsp3) is 0.389. The number of nitrogens with one attached hydrogen (secondary N) is 1. The number of ether oxygens (including phenoxy) is 1. The molecule has 1 aromatic carbocycles. The molecule has 1 saturated heterocycles. The Morgan fingerprint density at radius 2 is 1.88 bits per heavy atom. The standard InChI is InChI=1S/C18H23N3O3S/c1-24-16-7-3-4-8-17(16)25(22,23)20-14-15-9-10-18(19-13-15)21-11-5-2-6-12-21/h3-4,7-10,13,20H,2,5-6,11-12,14H2,1H3. The zero-order chi connectivity index (χ0) is 17.7. The minimum absolute atomic E-state index is 0.135. The quantitative estimate of drug-likeness (QED) is 0.856. The Morgan fingerprint density at radius 1 is 1.12 bits per heavy atom. The molecule has 1 aromatic heterocycles. The molecule has 1 aliphatic rings. The van der Waals surface area contributed by atoms with Crippen LogP contribution in [0.25, 0.3) is 0 Å². The summed E-state index contributed by atoms with van der Waals surface area (Å²) in [5.74, 6) is 1.28. The van der Waals surface area contributed by atoms with Crippen molar-refractivity contribution < 1.29 is 13.2 Å². The lowest BCUT2D eigenvalue weighted by Gasteiger charge is -2.27. The van der Waals surface area contributed by atoms with Gasteiger partial charge in [0.05, 0.1) is 7.11 Å². The molecule has 0 atom stereocenters. The highest BCUT2D eigenvalue weighted by Gasteiger charge is 2.18. The normalized spacial score (nSPS) is 15.2. The number of hydrogen-bond donors (Lipinski definition) is 1. The molecule has 0 spiro atoms. The van der Waals surface area contributed by atoms with Crippen molar-refractivity contribution in [2.45, 2.75) is 30.7 Å². The van der Waals surface area contributed by atoms with Crippen molar-refractivity contribution in [3.63, 3.8) is 0 Å². The number of methoxy groups -OCH3 is 1. The highest BCUT2D eigenvalue weighted by Crippen LogP contribution is 2.23. The van der Waals surface area contributed by atoms with Gasteiger partial charge >= 0.3 is 0 Å². The molecule has 1 fully saturated rings. The van der Waals surface area contributed by atoms with Crippen molar-refractivity contribution in [1.29, 1.82) is 0 Å². The highest BCUT2D eigenvalue weighted by molar-refractivity contribution is 7.89. The lowest BCUT2D eigenvalue weighted by atomic mass is 10.1. The molecule has 3 rings (SSSR count). The molecule has 1 aliphatic heterocycles. The molecule has 0 bridgehead atoms. The number of anilines is 1. The van der Waals surface area contributed by atoms with Crippen molar-refractivity contribution >= 4 is 15.8 Å². The summed E-state index contributed by atoms with van der Waals surface area (Å²) in [6.07, 6.45) is 5.40. The second kappa shape index (κ2) is 7.84. The van der Waals surface area contributed by atoms with Crippen LogP contribution < -0.4 is 14.4 Å². The van der Waals surface area contributed by atoms with Gasteiger partial charge in [0, 0.05) is 25.8 Å². The van der Waals surface area contributed by atoms with E-state index in [0.29, 0.717) is 5.75 Å². The second-order valence-electron chi connectivity index (χ2n) is 6.05. The molecule has 7 heteroatoms. The molecule has 0 aliphatic carbocycles. The Hall–Kier alpha value is -2.12. The van der Waals surface area contributed by atoms with Gasteiger partial charge in [0.1, 0.15) is 16.5 Å². The van der Waals surface area contributed by atoms with E-state index in [4.69, 9.17) is 4.74 Å². The van der Waals surface area contributed by atoms with E-state index in [-0.39, 0.29) is 11.4 Å². The van der Waals surface area contributed by atoms with Crippen molar-refractivity contribution in [1.82, 2.24) is 9.71 Å². The van der Waals surface area contributed by atoms with Crippen molar-refractivity contribution in [2.75, 3.05) is 25.1 Å². The smallest absolute Gasteiger partial charge is 0.244 e. The number of aromatic nitrogens is 1. The molecule has 0 amide bonds. The summed E-state index contributed by atoms with van der Waals surface area (Å²) in [6.45, 7) is 2.26. The third kappa shape index (κ3) is 4.29. The summed E-state index contributed by atoms with van der Waals surface area (Å²) in [4.78, 5) is 6.88. The van der Waals surface area contributed by atoms with Crippen LogP contribution in [-0.2, 0) is 16.6 Å². The van der Waals surface area contributed by atoms with Gasteiger partial charge in [-0.15, -0.1) is 0 Å². The SMILES string of the molecule is COc1ccccc1S(=O)(=O)NCc1ccc(N2CCCCC2)nc1. The Morgan fingerprint density at radius 3 is 2.56 bits per heavy atom. The Balaban J connectivity index is 1.66. The van der Waals surface area contributed by atoms with E-state index in [2.05, 4.69) is 14.6 Å². The molecule has 0 unspecified atom stereocenters. The molecule has 2 heterocycles. The number of rotatable bonds is 6. The number of para-hydroxylation sites is 1. The first-order valence-corrected chi connectivity index (χ1v) is 9.91. The maximum absolute atomic E-state index is 12.5. The minimum atomic E-state index is -3.65. The predicted octanol–water partition coefficient (Wildman–Crippen LogP) is 2.56. The number of piperidine rings is 1. The third-order valence-corrected chi connectivity index (χ3v) is 5.75. The summed E-state index contributed by atoms with van der Waals surface area (Å²) >= 11 is 0. The molecular weight excluding hydrogens is 338 g/mol. The zero-order valence-corrected chi connectivity index (χ0v) is 15.1. The van der Waals surface area contributed by atoms with Gasteiger partial charge in [0.15, 0.2) is 0 Å². The van der Waals surface area contributed by atoms with Crippen molar-refractivity contribution in [3.8, 4) is 5.75 Å². The van der Waals surface area contributed by atoms with Crippen LogP contribution in [0.2, 0.25) is 0 Å². The number of sulfonamides is 1. The first-order chi connectivity index (χ1) is 12.1.